The van der Waals surface area contributed by atoms with Gasteiger partial charge in [-0.1, -0.05) is 56.7 Å². The lowest BCUT2D eigenvalue weighted by Gasteiger charge is -2.41. The van der Waals surface area contributed by atoms with Crippen LogP contribution in [0.25, 0.3) is 0 Å². The van der Waals surface area contributed by atoms with Crippen LogP contribution >= 0.6 is 0 Å². The van der Waals surface area contributed by atoms with E-state index in [9.17, 15) is 4.79 Å². The molecule has 2 fully saturated rings. The Kier molecular flexibility index (Phi) is 9.15. The molecule has 0 bridgehead atoms. The summed E-state index contributed by atoms with van der Waals surface area (Å²) in [5, 5.41) is 0. The van der Waals surface area contributed by atoms with Gasteiger partial charge in [0, 0.05) is 25.1 Å². The Labute approximate surface area is 254 Å². The van der Waals surface area contributed by atoms with Crippen LogP contribution in [-0.4, -0.2) is 45.5 Å². The number of nitrogens with two attached hydrogens (primary N) is 1. The summed E-state index contributed by atoms with van der Waals surface area (Å²) < 4.78 is 17.7. The van der Waals surface area contributed by atoms with Crippen molar-refractivity contribution in [3.8, 4) is 11.5 Å². The van der Waals surface area contributed by atoms with E-state index >= 15 is 0 Å². The largest absolute Gasteiger partial charge is 0.457 e. The number of carbonyl (C=O) groups excluding carboxylic acids is 1. The molecule has 3 aromatic rings. The van der Waals surface area contributed by atoms with Crippen LogP contribution in [0.3, 0.4) is 0 Å². The smallest absolute Gasteiger partial charge is 0.410 e. The Morgan fingerprint density at radius 2 is 1.77 bits per heavy atom. The molecule has 0 radical (unpaired) electrons. The predicted molar refractivity (Wildman–Crippen MR) is 165 cm³/mol. The Hall–Kier alpha value is -4.01. The lowest BCUT2D eigenvalue weighted by atomic mass is 9.83. The van der Waals surface area contributed by atoms with Gasteiger partial charge in [0.15, 0.2) is 11.9 Å². The van der Waals surface area contributed by atoms with E-state index in [4.69, 9.17) is 24.6 Å². The van der Waals surface area contributed by atoms with Gasteiger partial charge in [-0.3, -0.25) is 4.90 Å². The summed E-state index contributed by atoms with van der Waals surface area (Å²) in [5.41, 5.74) is 9.27. The molecule has 2 heterocycles. The number of aryl methyl sites for hydroxylation is 1. The van der Waals surface area contributed by atoms with E-state index in [1.807, 2.05) is 60.4 Å². The molecular weight excluding hydrogens is 542 g/mol. The van der Waals surface area contributed by atoms with Crippen molar-refractivity contribution in [2.45, 2.75) is 96.3 Å². The van der Waals surface area contributed by atoms with Crippen molar-refractivity contribution in [3.05, 3.63) is 71.9 Å². The molecule has 3 aliphatic rings. The van der Waals surface area contributed by atoms with Crippen molar-refractivity contribution in [3.63, 3.8) is 0 Å². The molecule has 2 saturated carbocycles. The molecule has 2 aromatic carbocycles. The molecular formula is C34H43N5O4. The predicted octanol–water partition coefficient (Wildman–Crippen LogP) is 7.46. The van der Waals surface area contributed by atoms with Gasteiger partial charge in [0.25, 0.3) is 0 Å². The van der Waals surface area contributed by atoms with Crippen LogP contribution in [0.4, 0.5) is 10.5 Å². The normalized spacial score (nSPS) is 18.4. The number of guanidine groups is 1. The minimum absolute atomic E-state index is 0.0673. The molecule has 43 heavy (non-hydrogen) atoms. The molecule has 0 saturated heterocycles. The van der Waals surface area contributed by atoms with Crippen LogP contribution in [-0.2, 0) is 17.8 Å². The Balaban J connectivity index is 1.20. The second-order valence-corrected chi connectivity index (χ2v) is 12.1. The van der Waals surface area contributed by atoms with E-state index in [-0.39, 0.29) is 24.8 Å². The number of para-hydroxylation sites is 1. The minimum atomic E-state index is -0.292. The molecule has 9 heteroatoms. The lowest BCUT2D eigenvalue weighted by molar-refractivity contribution is 0.0395. The molecule has 2 N–H and O–H groups in total. The van der Waals surface area contributed by atoms with Crippen LogP contribution in [0.5, 0.6) is 11.5 Å². The fourth-order valence-corrected chi connectivity index (χ4v) is 6.85. The molecule has 0 spiro atoms. The first kappa shape index (κ1) is 29.1. The first-order chi connectivity index (χ1) is 21.0. The summed E-state index contributed by atoms with van der Waals surface area (Å²) >= 11 is 0. The van der Waals surface area contributed by atoms with Gasteiger partial charge >= 0.3 is 6.09 Å². The highest BCUT2D eigenvalue weighted by Gasteiger charge is 2.35. The zero-order valence-corrected chi connectivity index (χ0v) is 25.1. The number of nitrogens with zero attached hydrogens (tertiary/aromatic N) is 4. The van der Waals surface area contributed by atoms with Crippen LogP contribution in [0.1, 0.15) is 81.4 Å². The molecule has 1 aliphatic heterocycles. The Morgan fingerprint density at radius 3 is 2.49 bits per heavy atom. The fraction of sp³-hybridized carbons (Fsp3) is 0.500. The van der Waals surface area contributed by atoms with Crippen LogP contribution in [0, 0.1) is 12.8 Å². The number of oxazole rings is 1. The number of ether oxygens (including phenoxy) is 2. The van der Waals surface area contributed by atoms with Gasteiger partial charge in [-0.25, -0.2) is 14.8 Å². The number of amides is 1. The van der Waals surface area contributed by atoms with Gasteiger partial charge < -0.3 is 24.5 Å². The van der Waals surface area contributed by atoms with Gasteiger partial charge in [-0.05, 0) is 61.9 Å². The molecule has 9 nitrogen and oxygen atoms in total. The molecule has 228 valence electrons. The van der Waals surface area contributed by atoms with E-state index in [0.29, 0.717) is 30.9 Å². The Bertz CT molecular complexity index is 1390. The number of hydrogen-bond acceptors (Lipinski definition) is 8. The van der Waals surface area contributed by atoms with Crippen molar-refractivity contribution in [1.82, 2.24) is 14.8 Å². The van der Waals surface area contributed by atoms with Crippen LogP contribution in [0.15, 0.2) is 64.2 Å². The van der Waals surface area contributed by atoms with Crippen molar-refractivity contribution in [2.75, 3.05) is 6.61 Å². The number of aromatic nitrogens is 1. The second kappa shape index (κ2) is 13.5. The molecule has 1 amide bonds. The highest BCUT2D eigenvalue weighted by atomic mass is 16.6. The van der Waals surface area contributed by atoms with Gasteiger partial charge in [0.05, 0.1) is 24.0 Å². The van der Waals surface area contributed by atoms with E-state index < -0.39 is 0 Å². The molecule has 1 aromatic heterocycles. The summed E-state index contributed by atoms with van der Waals surface area (Å²) in [5.74, 6) is 2.97. The number of aliphatic imine (C=N–C) groups is 1. The zero-order valence-electron chi connectivity index (χ0n) is 25.1. The van der Waals surface area contributed by atoms with E-state index in [1.165, 1.54) is 25.7 Å². The maximum absolute atomic E-state index is 13.8. The van der Waals surface area contributed by atoms with Crippen LogP contribution < -0.4 is 10.5 Å². The highest BCUT2D eigenvalue weighted by Crippen LogP contribution is 2.36. The average molecular weight is 586 g/mol. The third-order valence-electron chi connectivity index (χ3n) is 9.12. The van der Waals surface area contributed by atoms with Crippen LogP contribution in [0.2, 0.25) is 0 Å². The molecule has 0 unspecified atom stereocenters. The van der Waals surface area contributed by atoms with Crippen molar-refractivity contribution in [1.29, 1.82) is 0 Å². The van der Waals surface area contributed by atoms with Crippen molar-refractivity contribution < 1.29 is 18.7 Å². The fourth-order valence-electron chi connectivity index (χ4n) is 6.85. The molecule has 2 aliphatic carbocycles. The summed E-state index contributed by atoms with van der Waals surface area (Å²) in [7, 11) is 0. The lowest BCUT2D eigenvalue weighted by Crippen LogP contribution is -2.52. The summed E-state index contributed by atoms with van der Waals surface area (Å²) in [6.45, 7) is 3.05. The number of hydrogen-bond donors (Lipinski definition) is 1. The van der Waals surface area contributed by atoms with E-state index in [2.05, 4.69) is 9.88 Å². The maximum Gasteiger partial charge on any atom is 0.410 e. The van der Waals surface area contributed by atoms with Gasteiger partial charge in [0.1, 0.15) is 24.4 Å². The topological polar surface area (TPSA) is 106 Å². The summed E-state index contributed by atoms with van der Waals surface area (Å²) in [6.07, 6.45) is 12.5. The standard InChI is InChI=1S/C34H43N5O4/c1-24-36-27(22-41-24)21-38(28-13-7-3-8-14-28)34(40)42-23-32(25-11-5-2-6-12-25)39-20-26-19-30(17-18-31(26)37-33(39)35)43-29-15-9-4-10-16-29/h4,9-10,15-19,22,25,28,32H,2-3,5-8,11-14,20-21,23H2,1H3,(H2,35,37)/t32-/m0/s1. The van der Waals surface area contributed by atoms with Gasteiger partial charge in [-0.15, -0.1) is 0 Å². The SMILES string of the molecule is Cc1nc(CN(C(=O)OC[C@@H](C2CCCCC2)N2Cc3cc(Oc4ccccc4)ccc3N=C2N)C2CCCCC2)co1. The highest BCUT2D eigenvalue weighted by molar-refractivity contribution is 5.84. The van der Waals surface area contributed by atoms with Gasteiger partial charge in [-0.2, -0.15) is 0 Å². The summed E-state index contributed by atoms with van der Waals surface area (Å²) in [4.78, 5) is 27.0. The monoisotopic (exact) mass is 585 g/mol. The van der Waals surface area contributed by atoms with Crippen molar-refractivity contribution >= 4 is 17.7 Å². The molecule has 6 rings (SSSR count). The first-order valence-corrected chi connectivity index (χ1v) is 15.8. The van der Waals surface area contributed by atoms with Crippen molar-refractivity contribution in [2.24, 2.45) is 16.6 Å². The van der Waals surface area contributed by atoms with Gasteiger partial charge in [0.2, 0.25) is 0 Å². The average Bonchev–Trinajstić information content (AvgIpc) is 3.46. The number of rotatable bonds is 9. The minimum Gasteiger partial charge on any atom is -0.457 e. The first-order valence-electron chi connectivity index (χ1n) is 15.8. The maximum atomic E-state index is 13.8. The van der Waals surface area contributed by atoms with E-state index in [1.54, 1.807) is 6.26 Å². The Morgan fingerprint density at radius 1 is 1.02 bits per heavy atom. The quantitative estimate of drug-likeness (QED) is 0.278. The number of carbonyl (C=O) groups is 1. The number of fused-ring (bicyclic) bond motifs is 1. The second-order valence-electron chi connectivity index (χ2n) is 12.1. The number of benzene rings is 2. The van der Waals surface area contributed by atoms with E-state index in [0.717, 1.165) is 67.0 Å². The summed E-state index contributed by atoms with van der Waals surface area (Å²) in [6, 6.07) is 15.8. The zero-order chi connectivity index (χ0) is 29.6. The molecule has 1 atom stereocenters. The third kappa shape index (κ3) is 7.14. The third-order valence-corrected chi connectivity index (χ3v) is 9.12.